The highest BCUT2D eigenvalue weighted by Gasteiger charge is 2.36. The smallest absolute Gasteiger partial charge is 0.228 e. The van der Waals surface area contributed by atoms with Crippen molar-refractivity contribution < 1.29 is 9.59 Å². The predicted molar refractivity (Wildman–Crippen MR) is 109 cm³/mol. The fourth-order valence-electron chi connectivity index (χ4n) is 4.03. The van der Waals surface area contributed by atoms with E-state index in [0.717, 1.165) is 44.7 Å². The third-order valence-electron chi connectivity index (χ3n) is 5.52. The number of carbonyl (C=O) groups is 2. The van der Waals surface area contributed by atoms with Crippen LogP contribution in [0.25, 0.3) is 0 Å². The number of hydrogen-bond donors (Lipinski definition) is 0. The van der Waals surface area contributed by atoms with Crippen LogP contribution in [-0.4, -0.2) is 64.2 Å². The molecule has 28 heavy (non-hydrogen) atoms. The van der Waals surface area contributed by atoms with Gasteiger partial charge in [-0.05, 0) is 29.5 Å². The molecule has 4 rings (SSSR count). The standard InChI is InChI=1S/C21H26N4O2S/c26-20-12-18(15-25(20)14-17-4-1-6-22-13-17)21(27)24-8-3-7-23(9-10-24)16-19-5-2-11-28-19/h1-2,4-6,11,13,18H,3,7-10,12,14-16H2. The molecular weight excluding hydrogens is 372 g/mol. The summed E-state index contributed by atoms with van der Waals surface area (Å²) in [5, 5.41) is 2.11. The Hall–Kier alpha value is -2.25. The molecule has 4 heterocycles. The zero-order chi connectivity index (χ0) is 19.3. The number of carbonyl (C=O) groups excluding carboxylic acids is 2. The minimum atomic E-state index is -0.215. The van der Waals surface area contributed by atoms with Crippen molar-refractivity contribution >= 4 is 23.2 Å². The Morgan fingerprint density at radius 1 is 1.14 bits per heavy atom. The van der Waals surface area contributed by atoms with Gasteiger partial charge in [-0.25, -0.2) is 0 Å². The van der Waals surface area contributed by atoms with E-state index in [-0.39, 0.29) is 17.7 Å². The maximum absolute atomic E-state index is 13.0. The largest absolute Gasteiger partial charge is 0.341 e. The van der Waals surface area contributed by atoms with E-state index >= 15 is 0 Å². The summed E-state index contributed by atoms with van der Waals surface area (Å²) in [7, 11) is 0. The lowest BCUT2D eigenvalue weighted by Gasteiger charge is -2.24. The number of pyridine rings is 1. The van der Waals surface area contributed by atoms with Crippen molar-refractivity contribution in [3.8, 4) is 0 Å². The van der Waals surface area contributed by atoms with Crippen LogP contribution in [0.3, 0.4) is 0 Å². The molecule has 6 nitrogen and oxygen atoms in total. The summed E-state index contributed by atoms with van der Waals surface area (Å²) in [6.07, 6.45) is 4.81. The minimum absolute atomic E-state index is 0.0661. The Labute approximate surface area is 169 Å². The first-order valence-corrected chi connectivity index (χ1v) is 10.8. The molecule has 0 bridgehead atoms. The van der Waals surface area contributed by atoms with Crippen molar-refractivity contribution in [2.45, 2.75) is 25.9 Å². The van der Waals surface area contributed by atoms with Crippen molar-refractivity contribution in [2.24, 2.45) is 5.92 Å². The second kappa shape index (κ2) is 8.84. The SMILES string of the molecule is O=C1CC(C(=O)N2CCCN(Cc3cccs3)CC2)CN1Cc1cccnc1. The molecule has 1 unspecified atom stereocenters. The molecule has 2 fully saturated rings. The van der Waals surface area contributed by atoms with Crippen molar-refractivity contribution in [1.29, 1.82) is 0 Å². The number of hydrogen-bond acceptors (Lipinski definition) is 5. The first kappa shape index (κ1) is 19.1. The van der Waals surface area contributed by atoms with Gasteiger partial charge in [0.2, 0.25) is 11.8 Å². The van der Waals surface area contributed by atoms with Gasteiger partial charge < -0.3 is 9.80 Å². The molecular formula is C21H26N4O2S. The van der Waals surface area contributed by atoms with Crippen LogP contribution in [0.5, 0.6) is 0 Å². The molecule has 2 aliphatic rings. The van der Waals surface area contributed by atoms with Crippen LogP contribution in [0.4, 0.5) is 0 Å². The minimum Gasteiger partial charge on any atom is -0.341 e. The van der Waals surface area contributed by atoms with Crippen molar-refractivity contribution in [2.75, 3.05) is 32.7 Å². The summed E-state index contributed by atoms with van der Waals surface area (Å²) in [4.78, 5) is 37.1. The van der Waals surface area contributed by atoms with Crippen molar-refractivity contribution in [1.82, 2.24) is 19.7 Å². The summed E-state index contributed by atoms with van der Waals surface area (Å²) >= 11 is 1.78. The molecule has 0 radical (unpaired) electrons. The first-order chi connectivity index (χ1) is 13.7. The van der Waals surface area contributed by atoms with E-state index < -0.39 is 0 Å². The average molecular weight is 399 g/mol. The topological polar surface area (TPSA) is 56.8 Å². The van der Waals surface area contributed by atoms with Gasteiger partial charge in [-0.1, -0.05) is 12.1 Å². The number of likely N-dealkylation sites (tertiary alicyclic amines) is 1. The Balaban J connectivity index is 1.31. The Morgan fingerprint density at radius 3 is 2.86 bits per heavy atom. The number of rotatable bonds is 5. The van der Waals surface area contributed by atoms with Crippen molar-refractivity contribution in [3.05, 3.63) is 52.5 Å². The second-order valence-corrected chi connectivity index (χ2v) is 8.60. The molecule has 1 atom stereocenters. The molecule has 2 saturated heterocycles. The lowest BCUT2D eigenvalue weighted by atomic mass is 10.1. The summed E-state index contributed by atoms with van der Waals surface area (Å²) < 4.78 is 0. The highest BCUT2D eigenvalue weighted by molar-refractivity contribution is 7.09. The monoisotopic (exact) mass is 398 g/mol. The Bertz CT molecular complexity index is 796. The van der Waals surface area contributed by atoms with Crippen LogP contribution in [0.1, 0.15) is 23.3 Å². The van der Waals surface area contributed by atoms with Crippen LogP contribution in [0.2, 0.25) is 0 Å². The second-order valence-electron chi connectivity index (χ2n) is 7.57. The van der Waals surface area contributed by atoms with E-state index in [1.54, 1.807) is 28.6 Å². The fourth-order valence-corrected chi connectivity index (χ4v) is 4.78. The van der Waals surface area contributed by atoms with Gasteiger partial charge in [-0.2, -0.15) is 0 Å². The molecule has 0 saturated carbocycles. The van der Waals surface area contributed by atoms with Gasteiger partial charge in [-0.15, -0.1) is 11.3 Å². The van der Waals surface area contributed by atoms with Gasteiger partial charge in [0.05, 0.1) is 5.92 Å². The maximum atomic E-state index is 13.0. The van der Waals surface area contributed by atoms with E-state index in [4.69, 9.17) is 0 Å². The van der Waals surface area contributed by atoms with E-state index in [1.807, 2.05) is 17.0 Å². The quantitative estimate of drug-likeness (QED) is 0.775. The zero-order valence-corrected chi connectivity index (χ0v) is 16.8. The number of thiophene rings is 1. The summed E-state index contributed by atoms with van der Waals surface area (Å²) in [6, 6.07) is 8.09. The molecule has 2 amide bonds. The highest BCUT2D eigenvalue weighted by Crippen LogP contribution is 2.23. The van der Waals surface area contributed by atoms with Crippen LogP contribution in [-0.2, 0) is 22.7 Å². The van der Waals surface area contributed by atoms with Gasteiger partial charge in [0.25, 0.3) is 0 Å². The molecule has 2 aromatic rings. The van der Waals surface area contributed by atoms with Crippen LogP contribution in [0.15, 0.2) is 42.0 Å². The third-order valence-corrected chi connectivity index (χ3v) is 6.38. The molecule has 148 valence electrons. The third kappa shape index (κ3) is 4.59. The number of nitrogens with zero attached hydrogens (tertiary/aromatic N) is 4. The van der Waals surface area contributed by atoms with E-state index in [1.165, 1.54) is 4.88 Å². The predicted octanol–water partition coefficient (Wildman–Crippen LogP) is 2.23. The van der Waals surface area contributed by atoms with E-state index in [0.29, 0.717) is 19.5 Å². The molecule has 0 aromatic carbocycles. The normalized spacial score (nSPS) is 21.1. The van der Waals surface area contributed by atoms with Gasteiger partial charge in [-0.3, -0.25) is 19.5 Å². The average Bonchev–Trinajstić information content (AvgIpc) is 3.27. The Morgan fingerprint density at radius 2 is 2.07 bits per heavy atom. The lowest BCUT2D eigenvalue weighted by Crippen LogP contribution is -2.39. The fraction of sp³-hybridized carbons (Fsp3) is 0.476. The summed E-state index contributed by atoms with van der Waals surface area (Å²) in [5.74, 6) is -0.00984. The van der Waals surface area contributed by atoms with Crippen LogP contribution in [0, 0.1) is 5.92 Å². The molecule has 7 heteroatoms. The lowest BCUT2D eigenvalue weighted by molar-refractivity contribution is -0.135. The summed E-state index contributed by atoms with van der Waals surface area (Å²) in [5.41, 5.74) is 1.00. The summed E-state index contributed by atoms with van der Waals surface area (Å²) in [6.45, 7) is 5.44. The molecule has 2 aliphatic heterocycles. The Kier molecular flexibility index (Phi) is 6.02. The number of amides is 2. The molecule has 0 aliphatic carbocycles. The van der Waals surface area contributed by atoms with Gasteiger partial charge >= 0.3 is 0 Å². The number of aromatic nitrogens is 1. The van der Waals surface area contributed by atoms with Crippen LogP contribution >= 0.6 is 11.3 Å². The van der Waals surface area contributed by atoms with Gasteiger partial charge in [0, 0.05) is 69.5 Å². The maximum Gasteiger partial charge on any atom is 0.228 e. The van der Waals surface area contributed by atoms with Gasteiger partial charge in [0.15, 0.2) is 0 Å². The van der Waals surface area contributed by atoms with E-state index in [2.05, 4.69) is 27.4 Å². The molecule has 0 N–H and O–H groups in total. The van der Waals surface area contributed by atoms with Crippen molar-refractivity contribution in [3.63, 3.8) is 0 Å². The highest BCUT2D eigenvalue weighted by atomic mass is 32.1. The zero-order valence-electron chi connectivity index (χ0n) is 16.0. The first-order valence-electron chi connectivity index (χ1n) is 9.89. The molecule has 0 spiro atoms. The van der Waals surface area contributed by atoms with Gasteiger partial charge in [0.1, 0.15) is 0 Å². The van der Waals surface area contributed by atoms with Crippen LogP contribution < -0.4 is 0 Å². The molecule has 2 aromatic heterocycles. The van der Waals surface area contributed by atoms with E-state index in [9.17, 15) is 9.59 Å².